The Hall–Kier alpha value is -1.84. The second kappa shape index (κ2) is 7.37. The van der Waals surface area contributed by atoms with Crippen LogP contribution in [0.25, 0.3) is 0 Å². The van der Waals surface area contributed by atoms with Gasteiger partial charge in [0.1, 0.15) is 0 Å². The Balaban J connectivity index is 2.16. The van der Waals surface area contributed by atoms with Crippen LogP contribution in [-0.2, 0) is 14.8 Å². The van der Waals surface area contributed by atoms with Crippen molar-refractivity contribution < 1.29 is 23.1 Å². The molecule has 24 heavy (non-hydrogen) atoms. The van der Waals surface area contributed by atoms with Crippen molar-refractivity contribution in [2.24, 2.45) is 0 Å². The van der Waals surface area contributed by atoms with Gasteiger partial charge < -0.3 is 20.1 Å². The van der Waals surface area contributed by atoms with Gasteiger partial charge in [0.2, 0.25) is 10.0 Å². The molecule has 0 saturated carbocycles. The molecule has 0 unspecified atom stereocenters. The number of benzene rings is 1. The number of carbonyl (C=O) groups excluding carboxylic acids is 1. The number of anilines is 2. The molecule has 2 atom stereocenters. The molecule has 134 valence electrons. The number of nitrogens with one attached hydrogen (secondary N) is 2. The van der Waals surface area contributed by atoms with Crippen LogP contribution in [0.3, 0.4) is 0 Å². The predicted octanol–water partition coefficient (Wildman–Crippen LogP) is 0.980. The highest BCUT2D eigenvalue weighted by molar-refractivity contribution is 7.92. The van der Waals surface area contributed by atoms with E-state index in [1.165, 1.54) is 4.90 Å². The monoisotopic (exact) mass is 357 g/mol. The Labute approximate surface area is 141 Å². The van der Waals surface area contributed by atoms with Crippen LogP contribution in [0.1, 0.15) is 12.5 Å². The number of amides is 2. The molecule has 3 N–H and O–H groups in total. The smallest absolute Gasteiger partial charge is 0.322 e. The molecule has 1 heterocycles. The molecular formula is C15H23N3O5S. The summed E-state index contributed by atoms with van der Waals surface area (Å²) in [5, 5.41) is 12.7. The average molecular weight is 357 g/mol. The molecule has 0 aromatic heterocycles. The van der Waals surface area contributed by atoms with Gasteiger partial charge in [0.05, 0.1) is 37.3 Å². The minimum absolute atomic E-state index is 0.210. The molecule has 8 nitrogen and oxygen atoms in total. The van der Waals surface area contributed by atoms with Crippen LogP contribution in [0, 0.1) is 6.92 Å². The number of likely N-dealkylation sites (N-methyl/N-ethyl adjacent to an activating group) is 1. The van der Waals surface area contributed by atoms with E-state index in [9.17, 15) is 18.3 Å². The first-order valence-corrected chi connectivity index (χ1v) is 9.52. The summed E-state index contributed by atoms with van der Waals surface area (Å²) in [6.45, 7) is 4.54. The molecular weight excluding hydrogens is 334 g/mol. The number of nitrogens with zero attached hydrogens (tertiary/aromatic N) is 1. The van der Waals surface area contributed by atoms with Gasteiger partial charge in [-0.3, -0.25) is 4.72 Å². The number of aryl methyl sites for hydroxylation is 1. The Morgan fingerprint density at radius 1 is 1.42 bits per heavy atom. The lowest BCUT2D eigenvalue weighted by molar-refractivity contribution is 0.1000. The van der Waals surface area contributed by atoms with Gasteiger partial charge in [-0.15, -0.1) is 0 Å². The van der Waals surface area contributed by atoms with Crippen LogP contribution in [0.4, 0.5) is 16.2 Å². The van der Waals surface area contributed by atoms with Crippen LogP contribution in [-0.4, -0.2) is 62.6 Å². The van der Waals surface area contributed by atoms with E-state index >= 15 is 0 Å². The van der Waals surface area contributed by atoms with E-state index in [4.69, 9.17) is 4.74 Å². The second-order valence-electron chi connectivity index (χ2n) is 5.79. The Morgan fingerprint density at radius 2 is 2.12 bits per heavy atom. The third-order valence-electron chi connectivity index (χ3n) is 3.81. The maximum absolute atomic E-state index is 12.5. The van der Waals surface area contributed by atoms with Crippen molar-refractivity contribution in [2.75, 3.05) is 36.1 Å². The topological polar surface area (TPSA) is 108 Å². The number of carbonyl (C=O) groups is 1. The molecule has 1 fully saturated rings. The summed E-state index contributed by atoms with van der Waals surface area (Å²) < 4.78 is 30.2. The predicted molar refractivity (Wildman–Crippen MR) is 91.7 cm³/mol. The standard InChI is InChI=1S/C15H23N3O5S/c1-4-18(13-8-23-9-14(13)19)15(20)16-12-7-11(6-5-10(12)2)17-24(3,21)22/h5-7,13-14,17,19H,4,8-9H2,1-3H3,(H,16,20)/t13-,14-/m0/s1. The van der Waals surface area contributed by atoms with Gasteiger partial charge in [-0.25, -0.2) is 13.2 Å². The molecule has 0 bridgehead atoms. The lowest BCUT2D eigenvalue weighted by Gasteiger charge is -2.29. The lowest BCUT2D eigenvalue weighted by atomic mass is 10.1. The van der Waals surface area contributed by atoms with Crippen LogP contribution < -0.4 is 10.0 Å². The summed E-state index contributed by atoms with van der Waals surface area (Å²) >= 11 is 0. The number of sulfonamides is 1. The maximum Gasteiger partial charge on any atom is 0.322 e. The average Bonchev–Trinajstić information content (AvgIpc) is 2.88. The van der Waals surface area contributed by atoms with Gasteiger partial charge in [-0.2, -0.15) is 0 Å². The van der Waals surface area contributed by atoms with Crippen molar-refractivity contribution >= 4 is 27.4 Å². The van der Waals surface area contributed by atoms with Gasteiger partial charge in [-0.1, -0.05) is 6.07 Å². The van der Waals surface area contributed by atoms with Gasteiger partial charge >= 0.3 is 6.03 Å². The molecule has 1 aliphatic heterocycles. The highest BCUT2D eigenvalue weighted by Crippen LogP contribution is 2.22. The zero-order valence-corrected chi connectivity index (χ0v) is 14.8. The van der Waals surface area contributed by atoms with E-state index in [0.717, 1.165) is 11.8 Å². The van der Waals surface area contributed by atoms with E-state index in [1.54, 1.807) is 18.2 Å². The lowest BCUT2D eigenvalue weighted by Crippen LogP contribution is -2.48. The van der Waals surface area contributed by atoms with Crippen molar-refractivity contribution in [2.45, 2.75) is 26.0 Å². The zero-order valence-electron chi connectivity index (χ0n) is 13.9. The first kappa shape index (κ1) is 18.5. The van der Waals surface area contributed by atoms with Crippen LogP contribution >= 0.6 is 0 Å². The number of urea groups is 1. The molecule has 1 aromatic carbocycles. The highest BCUT2D eigenvalue weighted by atomic mass is 32.2. The summed E-state index contributed by atoms with van der Waals surface area (Å²) in [6.07, 6.45) is 0.348. The third kappa shape index (κ3) is 4.59. The van der Waals surface area contributed by atoms with Crippen LogP contribution in [0.15, 0.2) is 18.2 Å². The number of hydrogen-bond acceptors (Lipinski definition) is 5. The SMILES string of the molecule is CCN(C(=O)Nc1cc(NS(C)(=O)=O)ccc1C)[C@H]1COC[C@@H]1O. The first-order chi connectivity index (χ1) is 11.2. The summed E-state index contributed by atoms with van der Waals surface area (Å²) in [7, 11) is -3.40. The number of aliphatic hydroxyl groups is 1. The summed E-state index contributed by atoms with van der Waals surface area (Å²) in [5.41, 5.74) is 1.66. The number of rotatable bonds is 5. The molecule has 0 aliphatic carbocycles. The summed E-state index contributed by atoms with van der Waals surface area (Å²) in [5.74, 6) is 0. The fourth-order valence-electron chi connectivity index (χ4n) is 2.58. The molecule has 0 radical (unpaired) electrons. The van der Waals surface area contributed by atoms with E-state index in [2.05, 4.69) is 10.0 Å². The Bertz CT molecular complexity index is 707. The summed E-state index contributed by atoms with van der Waals surface area (Å²) in [6, 6.07) is 4.13. The summed E-state index contributed by atoms with van der Waals surface area (Å²) in [4.78, 5) is 14.0. The molecule has 1 saturated heterocycles. The maximum atomic E-state index is 12.5. The van der Waals surface area contributed by atoms with E-state index < -0.39 is 22.2 Å². The van der Waals surface area contributed by atoms with Crippen molar-refractivity contribution in [3.8, 4) is 0 Å². The van der Waals surface area contributed by atoms with Crippen molar-refractivity contribution in [3.05, 3.63) is 23.8 Å². The van der Waals surface area contributed by atoms with Gasteiger partial charge in [0.15, 0.2) is 0 Å². The van der Waals surface area contributed by atoms with E-state index in [-0.39, 0.29) is 19.2 Å². The number of ether oxygens (including phenoxy) is 1. The van der Waals surface area contributed by atoms with Gasteiger partial charge in [0, 0.05) is 12.2 Å². The van der Waals surface area contributed by atoms with Crippen molar-refractivity contribution in [3.63, 3.8) is 0 Å². The normalized spacial score (nSPS) is 20.7. The highest BCUT2D eigenvalue weighted by Gasteiger charge is 2.33. The van der Waals surface area contributed by atoms with E-state index in [0.29, 0.717) is 17.9 Å². The molecule has 1 aliphatic rings. The largest absolute Gasteiger partial charge is 0.388 e. The van der Waals surface area contributed by atoms with Crippen LogP contribution in [0.2, 0.25) is 0 Å². The molecule has 2 rings (SSSR count). The molecule has 0 spiro atoms. The fourth-order valence-corrected chi connectivity index (χ4v) is 3.13. The van der Waals surface area contributed by atoms with Crippen LogP contribution in [0.5, 0.6) is 0 Å². The first-order valence-electron chi connectivity index (χ1n) is 7.63. The third-order valence-corrected chi connectivity index (χ3v) is 4.41. The van der Waals surface area contributed by atoms with Gasteiger partial charge in [0.25, 0.3) is 0 Å². The quantitative estimate of drug-likeness (QED) is 0.728. The minimum atomic E-state index is -3.40. The minimum Gasteiger partial charge on any atom is -0.388 e. The van der Waals surface area contributed by atoms with Gasteiger partial charge in [-0.05, 0) is 31.5 Å². The molecule has 9 heteroatoms. The number of hydrogen-bond donors (Lipinski definition) is 3. The van der Waals surface area contributed by atoms with E-state index in [1.807, 2.05) is 13.8 Å². The molecule has 1 aromatic rings. The Morgan fingerprint density at radius 3 is 2.67 bits per heavy atom. The number of aliphatic hydroxyl groups excluding tert-OH is 1. The second-order valence-corrected chi connectivity index (χ2v) is 7.54. The van der Waals surface area contributed by atoms with Crippen molar-refractivity contribution in [1.29, 1.82) is 0 Å². The zero-order chi connectivity index (χ0) is 17.9. The molecule has 2 amide bonds. The van der Waals surface area contributed by atoms with Crippen molar-refractivity contribution in [1.82, 2.24) is 4.90 Å². The fraction of sp³-hybridized carbons (Fsp3) is 0.533. The Kier molecular flexibility index (Phi) is 5.68.